The van der Waals surface area contributed by atoms with Gasteiger partial charge in [0.1, 0.15) is 17.2 Å². The summed E-state index contributed by atoms with van der Waals surface area (Å²) in [5.41, 5.74) is 10.6. The predicted molar refractivity (Wildman–Crippen MR) is 322 cm³/mol. The average Bonchev–Trinajstić information content (AvgIpc) is 1.42. The van der Waals surface area contributed by atoms with Crippen molar-refractivity contribution < 1.29 is 99.0 Å². The molecular weight excluding hydrogens is 1250 g/mol. The van der Waals surface area contributed by atoms with Crippen molar-refractivity contribution in [2.24, 2.45) is 0 Å². The number of carboxylic acids is 4. The Labute approximate surface area is 542 Å². The molecule has 0 saturated heterocycles. The summed E-state index contributed by atoms with van der Waals surface area (Å²) in [6, 6.07) is 74.7. The van der Waals surface area contributed by atoms with E-state index in [0.29, 0.717) is 0 Å². The minimum Gasteiger partial charge on any atom is -0.872 e. The van der Waals surface area contributed by atoms with Crippen LogP contribution in [0.5, 0.6) is 23.0 Å². The van der Waals surface area contributed by atoms with Gasteiger partial charge >= 0.3 is 44.9 Å². The quantitative estimate of drug-likeness (QED) is 0.0926. The van der Waals surface area contributed by atoms with Crippen LogP contribution in [0.25, 0.3) is 67.8 Å². The van der Waals surface area contributed by atoms with Gasteiger partial charge in [-0.1, -0.05) is 145 Å². The van der Waals surface area contributed by atoms with Crippen LogP contribution >= 0.6 is 0 Å². The maximum Gasteiger partial charge on any atom is 2.00 e. The van der Waals surface area contributed by atoms with Gasteiger partial charge in [-0.2, -0.15) is 0 Å². The van der Waals surface area contributed by atoms with Crippen LogP contribution < -0.4 is 20.4 Å². The molecule has 0 saturated carbocycles. The van der Waals surface area contributed by atoms with Crippen molar-refractivity contribution in [1.29, 1.82) is 0 Å². The zero-order valence-corrected chi connectivity index (χ0v) is 53.6. The number of pyridine rings is 6. The van der Waals surface area contributed by atoms with Crippen LogP contribution in [-0.2, 0) is 39.0 Å². The molecule has 436 valence electrons. The van der Waals surface area contributed by atoms with Crippen molar-refractivity contribution in [2.75, 3.05) is 0 Å². The number of para-hydroxylation sites is 4. The summed E-state index contributed by atoms with van der Waals surface area (Å²) in [6.07, 6.45) is 7.14. The van der Waals surface area contributed by atoms with Gasteiger partial charge in [0.25, 0.3) is 0 Å². The van der Waals surface area contributed by atoms with E-state index in [-0.39, 0.29) is 78.5 Å². The smallest absolute Gasteiger partial charge is 0.872 e. The van der Waals surface area contributed by atoms with E-state index in [1.165, 1.54) is 78.9 Å². The second kappa shape index (κ2) is 35.9. The Morgan fingerprint density at radius 3 is 0.744 bits per heavy atom. The first kappa shape index (κ1) is 69.3. The molecule has 0 radical (unpaired) electrons. The van der Waals surface area contributed by atoms with Crippen LogP contribution in [0.3, 0.4) is 0 Å². The van der Waals surface area contributed by atoms with Gasteiger partial charge in [-0.05, 0) is 138 Å². The Hall–Kier alpha value is -11.5. The zero-order chi connectivity index (χ0) is 62.6. The van der Waals surface area contributed by atoms with Crippen molar-refractivity contribution in [3.63, 3.8) is 0 Å². The minimum absolute atomic E-state index is 0. The maximum atomic E-state index is 10.7. The Bertz CT molecular complexity index is 3560. The van der Waals surface area contributed by atoms with E-state index in [1.807, 2.05) is 109 Å². The summed E-state index contributed by atoms with van der Waals surface area (Å²) in [5, 5.41) is 76.1. The first-order chi connectivity index (χ1) is 42.7. The van der Waals surface area contributed by atoms with Gasteiger partial charge in [0.2, 0.25) is 0 Å². The number of carbonyl (C=O) groups is 4. The molecule has 6 aromatic heterocycles. The second-order valence-electron chi connectivity index (χ2n) is 18.1. The summed E-state index contributed by atoms with van der Waals surface area (Å²) in [6.45, 7) is 0. The largest absolute Gasteiger partial charge is 2.00 e. The summed E-state index contributed by atoms with van der Waals surface area (Å²) >= 11 is 0. The van der Waals surface area contributed by atoms with Gasteiger partial charge in [-0.3, -0.25) is 19.9 Å². The molecule has 0 unspecified atom stereocenters. The summed E-state index contributed by atoms with van der Waals surface area (Å²) in [4.78, 5) is 68.0. The number of aromatic carboxylic acids is 4. The van der Waals surface area contributed by atoms with Crippen molar-refractivity contribution in [3.05, 3.63) is 302 Å². The molecule has 0 fully saturated rings. The monoisotopic (exact) mass is 1290 g/mol. The molecule has 6 heterocycles. The predicted octanol–water partition coefficient (Wildman–Crippen LogP) is 9.47. The summed E-state index contributed by atoms with van der Waals surface area (Å²) in [5.74, 6) is -6.50. The third kappa shape index (κ3) is 20.9. The fourth-order valence-corrected chi connectivity index (χ4v) is 7.82. The molecule has 0 spiro atoms. The van der Waals surface area contributed by atoms with Crippen LogP contribution in [-0.4, -0.2) is 74.2 Å². The number of carboxylic acid groups (broad SMARTS) is 4. The van der Waals surface area contributed by atoms with Gasteiger partial charge < -0.3 is 55.2 Å². The third-order valence-corrected chi connectivity index (χ3v) is 12.1. The number of nitrogens with zero attached hydrogens (tertiary/aromatic N) is 6. The molecule has 20 heteroatoms. The number of aromatic nitrogens is 6. The Morgan fingerprint density at radius 2 is 0.533 bits per heavy atom. The fourth-order valence-electron chi connectivity index (χ4n) is 7.82. The SMILES string of the molecule is O=C(O)c1ccccc1[O-].O=C([O-])c1ccccc1O.O=C([O-])c1ccccc1O.O=C([O-])c1ccccc1O.[Zn+2].[Zn+2].c1ccc(-c2cc(-c3ccccn3)nc(-c3ccccn3)c2)cc1.c1ccc(-c2cc(-c3ccccn3)nc(-c3ccccn3)c2)cc1. The molecule has 0 amide bonds. The molecule has 18 nitrogen and oxygen atoms in total. The van der Waals surface area contributed by atoms with Crippen LogP contribution in [0.1, 0.15) is 41.4 Å². The number of aromatic hydroxyl groups is 3. The normalized spacial score (nSPS) is 9.69. The molecule has 0 bridgehead atoms. The number of benzene rings is 6. The molecule has 0 aliphatic rings. The third-order valence-electron chi connectivity index (χ3n) is 12.1. The summed E-state index contributed by atoms with van der Waals surface area (Å²) < 4.78 is 0. The Balaban J connectivity index is 0.000000207. The van der Waals surface area contributed by atoms with Crippen molar-refractivity contribution in [3.8, 4) is 90.8 Å². The molecule has 6 aromatic carbocycles. The van der Waals surface area contributed by atoms with E-state index in [9.17, 15) is 39.6 Å². The average molecular weight is 1300 g/mol. The van der Waals surface area contributed by atoms with Crippen LogP contribution in [0.15, 0.2) is 280 Å². The van der Waals surface area contributed by atoms with E-state index >= 15 is 0 Å². The topological polar surface area (TPSA) is 319 Å². The van der Waals surface area contributed by atoms with Crippen molar-refractivity contribution >= 4 is 23.9 Å². The van der Waals surface area contributed by atoms with E-state index < -0.39 is 29.6 Å². The first-order valence-electron chi connectivity index (χ1n) is 26.4. The maximum absolute atomic E-state index is 10.7. The van der Waals surface area contributed by atoms with E-state index in [2.05, 4.69) is 68.5 Å². The molecule has 90 heavy (non-hydrogen) atoms. The van der Waals surface area contributed by atoms with Gasteiger partial charge in [-0.25, -0.2) is 14.8 Å². The molecule has 0 aliphatic heterocycles. The molecule has 0 aliphatic carbocycles. The number of carbonyl (C=O) groups excluding carboxylic acids is 3. The Kier molecular flexibility index (Phi) is 27.6. The molecule has 12 rings (SSSR count). The van der Waals surface area contributed by atoms with Gasteiger partial charge in [0.15, 0.2) is 0 Å². The minimum atomic E-state index is -1.36. The second-order valence-corrected chi connectivity index (χ2v) is 18.1. The number of hydrogen-bond donors (Lipinski definition) is 4. The van der Waals surface area contributed by atoms with Crippen LogP contribution in [0, 0.1) is 0 Å². The molecule has 0 atom stereocenters. The van der Waals surface area contributed by atoms with Crippen LogP contribution in [0.2, 0.25) is 0 Å². The van der Waals surface area contributed by atoms with E-state index in [0.717, 1.165) is 67.8 Å². The van der Waals surface area contributed by atoms with Crippen LogP contribution in [0.4, 0.5) is 0 Å². The zero-order valence-electron chi connectivity index (χ0n) is 47.7. The number of hydrogen-bond acceptors (Lipinski definition) is 17. The van der Waals surface area contributed by atoms with E-state index in [1.54, 1.807) is 43.0 Å². The standard InChI is InChI=1S/2C21H15N3.4C7H6O3.2Zn/c2*1-2-8-16(9-3-1)17-14-20(18-10-4-6-12-22-18)24-21(15-17)19-11-5-7-13-23-19;4*8-6-4-2-1-3-5(6)7(9)10;;/h2*1-15H;4*1-4,8H,(H,9,10);;/q;;;;;;2*+2/p-4. The van der Waals surface area contributed by atoms with Gasteiger partial charge in [0, 0.05) is 41.5 Å². The molecular formula is C70H50N6O12Zn2. The Morgan fingerprint density at radius 1 is 0.289 bits per heavy atom. The van der Waals surface area contributed by atoms with Crippen molar-refractivity contribution in [1.82, 2.24) is 29.9 Å². The van der Waals surface area contributed by atoms with Crippen molar-refractivity contribution in [2.45, 2.75) is 0 Å². The number of phenols is 3. The summed E-state index contributed by atoms with van der Waals surface area (Å²) in [7, 11) is 0. The van der Waals surface area contributed by atoms with E-state index in [4.69, 9.17) is 30.4 Å². The molecule has 12 aromatic rings. The van der Waals surface area contributed by atoms with Gasteiger partial charge in [0.05, 0.1) is 69.0 Å². The fraction of sp³-hybridized carbons (Fsp3) is 0. The molecule has 4 N–H and O–H groups in total. The van der Waals surface area contributed by atoms with Gasteiger partial charge in [-0.15, -0.1) is 0 Å². The first-order valence-corrected chi connectivity index (χ1v) is 26.4. The number of rotatable bonds is 10.